The fraction of sp³-hybridized carbons (Fsp3) is 0.818. The Balaban J connectivity index is 0.000000353. The molecule has 1 heterocycles. The second-order valence-electron chi connectivity index (χ2n) is 16.4. The molecule has 0 amide bonds. The largest absolute Gasteiger partial charge is 0.481 e. The average Bonchev–Trinajstić information content (AvgIpc) is 3.43. The van der Waals surface area contributed by atoms with Crippen molar-refractivity contribution in [3.05, 3.63) is 36.0 Å². The number of carboxylic acid groups (broad SMARTS) is 1. The maximum absolute atomic E-state index is 11.8. The molecule has 0 bridgehead atoms. The van der Waals surface area contributed by atoms with Gasteiger partial charge in [0, 0.05) is 11.8 Å². The van der Waals surface area contributed by atoms with Crippen LogP contribution < -0.4 is 0 Å². The summed E-state index contributed by atoms with van der Waals surface area (Å²) in [4.78, 5) is 22.2. The highest BCUT2D eigenvalue weighted by molar-refractivity contribution is 5.91. The predicted octanol–water partition coefficient (Wildman–Crippen LogP) is 10.4. The van der Waals surface area contributed by atoms with Crippen molar-refractivity contribution in [1.29, 1.82) is 0 Å². The first kappa shape index (κ1) is 45.2. The number of hydrogen-bond acceptors (Lipinski definition) is 6. The first-order chi connectivity index (χ1) is 24.5. The van der Waals surface area contributed by atoms with Crippen molar-refractivity contribution in [2.24, 2.45) is 22.7 Å². The Kier molecular flexibility index (Phi) is 22.3. The maximum Gasteiger partial charge on any atom is 0.336 e. The van der Waals surface area contributed by atoms with Crippen LogP contribution in [0.15, 0.2) is 36.0 Å². The standard InChI is InChI=1S/C24H46O2.C20H30O5/c1-2-3-4-5-6-7-8-9-10-11-12-13-14-15-16-17-18-19-20-21-22-23-24(25)26;1-12-4-7-16-19(2,9-8-17(23)20(16,3)11-21)14(12)6-5-13-15(22)10-25-18(13)24/h9-10H,2-8,11-23H2,1H3,(H,25,26);5,14-17,21-23H,1,4,6-11H2,2-3H3/b10-9+;13-5+/t;14-,15-,16+,17-,19+,20+/m.1/s1. The van der Waals surface area contributed by atoms with Crippen LogP contribution in [0, 0.1) is 22.7 Å². The van der Waals surface area contributed by atoms with Crippen LogP contribution in [-0.2, 0) is 14.3 Å². The maximum atomic E-state index is 11.8. The van der Waals surface area contributed by atoms with E-state index in [1.54, 1.807) is 0 Å². The van der Waals surface area contributed by atoms with Crippen LogP contribution in [0.25, 0.3) is 0 Å². The van der Waals surface area contributed by atoms with Crippen LogP contribution in [0.1, 0.15) is 181 Å². The number of allylic oxidation sites excluding steroid dienone is 4. The van der Waals surface area contributed by atoms with Crippen molar-refractivity contribution in [3.8, 4) is 0 Å². The molecule has 7 nitrogen and oxygen atoms in total. The SMILES string of the molecule is C=C1CC[C@@H]2[C@](C)(CO)[C@H](O)CC[C@@]2(C)[C@@H]1C/C=C1/C(=O)OC[C@H]1O.CCCCCCCC/C=C/CCCCCCCCCCCCCC(=O)O. The normalized spacial score (nSPS) is 28.5. The molecule has 0 aromatic rings. The summed E-state index contributed by atoms with van der Waals surface area (Å²) in [5.74, 6) is -0.728. The molecule has 1 saturated heterocycles. The van der Waals surface area contributed by atoms with E-state index in [0.717, 1.165) is 37.7 Å². The lowest BCUT2D eigenvalue weighted by molar-refractivity contribution is -0.151. The number of aliphatic carboxylic acids is 1. The van der Waals surface area contributed by atoms with Gasteiger partial charge in [-0.05, 0) is 81.5 Å². The van der Waals surface area contributed by atoms with Crippen LogP contribution >= 0.6 is 0 Å². The molecule has 0 unspecified atom stereocenters. The molecular weight excluding hydrogens is 640 g/mol. The Labute approximate surface area is 311 Å². The van der Waals surface area contributed by atoms with Gasteiger partial charge in [0.05, 0.1) is 18.3 Å². The topological polar surface area (TPSA) is 124 Å². The van der Waals surface area contributed by atoms with Crippen LogP contribution in [0.3, 0.4) is 0 Å². The third-order valence-electron chi connectivity index (χ3n) is 12.4. The van der Waals surface area contributed by atoms with Gasteiger partial charge in [0.1, 0.15) is 12.7 Å². The second kappa shape index (κ2) is 25.1. The number of rotatable bonds is 24. The molecule has 6 atom stereocenters. The van der Waals surface area contributed by atoms with Gasteiger partial charge >= 0.3 is 11.9 Å². The van der Waals surface area contributed by atoms with Gasteiger partial charge < -0.3 is 25.2 Å². The van der Waals surface area contributed by atoms with Gasteiger partial charge in [-0.25, -0.2) is 4.79 Å². The molecule has 3 fully saturated rings. The van der Waals surface area contributed by atoms with Gasteiger partial charge in [-0.1, -0.05) is 141 Å². The third kappa shape index (κ3) is 15.5. The molecule has 3 rings (SSSR count). The monoisotopic (exact) mass is 717 g/mol. The lowest BCUT2D eigenvalue weighted by Crippen LogP contribution is -2.57. The van der Waals surface area contributed by atoms with Gasteiger partial charge in [-0.2, -0.15) is 0 Å². The van der Waals surface area contributed by atoms with E-state index in [4.69, 9.17) is 9.84 Å². The molecule has 7 heteroatoms. The smallest absolute Gasteiger partial charge is 0.336 e. The van der Waals surface area contributed by atoms with Crippen LogP contribution in [0.2, 0.25) is 0 Å². The van der Waals surface area contributed by atoms with E-state index in [1.807, 2.05) is 13.0 Å². The van der Waals surface area contributed by atoms with Crippen molar-refractivity contribution >= 4 is 11.9 Å². The molecule has 4 N–H and O–H groups in total. The van der Waals surface area contributed by atoms with Crippen LogP contribution in [0.4, 0.5) is 0 Å². The third-order valence-corrected chi connectivity index (χ3v) is 12.4. The predicted molar refractivity (Wildman–Crippen MR) is 208 cm³/mol. The molecular formula is C44H76O7. The zero-order valence-corrected chi connectivity index (χ0v) is 32.9. The summed E-state index contributed by atoms with van der Waals surface area (Å²) in [7, 11) is 0. The number of cyclic esters (lactones) is 1. The number of unbranched alkanes of at least 4 members (excludes halogenated alkanes) is 17. The summed E-state index contributed by atoms with van der Waals surface area (Å²) in [5.41, 5.74) is 0.911. The summed E-state index contributed by atoms with van der Waals surface area (Å²) in [6.45, 7) is 10.8. The van der Waals surface area contributed by atoms with Gasteiger partial charge in [0.2, 0.25) is 0 Å². The Hall–Kier alpha value is -1.96. The number of fused-ring (bicyclic) bond motifs is 1. The zero-order valence-electron chi connectivity index (χ0n) is 32.9. The van der Waals surface area contributed by atoms with E-state index in [1.165, 1.54) is 109 Å². The molecule has 0 aromatic carbocycles. The molecule has 2 aliphatic carbocycles. The minimum absolute atomic E-state index is 0.0280. The first-order valence-corrected chi connectivity index (χ1v) is 20.9. The molecule has 2 saturated carbocycles. The Morgan fingerprint density at radius 3 is 1.86 bits per heavy atom. The minimum atomic E-state index is -0.844. The van der Waals surface area contributed by atoms with Gasteiger partial charge in [-0.3, -0.25) is 4.79 Å². The van der Waals surface area contributed by atoms with E-state index in [0.29, 0.717) is 24.8 Å². The first-order valence-electron chi connectivity index (χ1n) is 20.9. The quantitative estimate of drug-likeness (QED) is 0.0339. The fourth-order valence-corrected chi connectivity index (χ4v) is 8.97. The molecule has 0 radical (unpaired) electrons. The average molecular weight is 717 g/mol. The highest BCUT2D eigenvalue weighted by Crippen LogP contribution is 2.61. The zero-order chi connectivity index (χ0) is 37.5. The van der Waals surface area contributed by atoms with Crippen molar-refractivity contribution in [2.75, 3.05) is 13.2 Å². The van der Waals surface area contributed by atoms with E-state index in [9.17, 15) is 24.9 Å². The molecule has 3 aliphatic rings. The molecule has 0 aromatic heterocycles. The lowest BCUT2D eigenvalue weighted by atomic mass is 9.46. The van der Waals surface area contributed by atoms with Crippen molar-refractivity contribution < 1.29 is 34.8 Å². The van der Waals surface area contributed by atoms with Crippen LogP contribution in [-0.4, -0.2) is 57.8 Å². The molecule has 51 heavy (non-hydrogen) atoms. The Morgan fingerprint density at radius 2 is 1.37 bits per heavy atom. The number of carboxylic acids is 1. The number of ether oxygens (including phenoxy) is 1. The van der Waals surface area contributed by atoms with Gasteiger partial charge in [0.15, 0.2) is 0 Å². The number of esters is 1. The second-order valence-corrected chi connectivity index (χ2v) is 16.4. The summed E-state index contributed by atoms with van der Waals surface area (Å²) in [6.07, 6.45) is 34.5. The molecule has 294 valence electrons. The minimum Gasteiger partial charge on any atom is -0.481 e. The summed E-state index contributed by atoms with van der Waals surface area (Å²) in [5, 5.41) is 39.0. The summed E-state index contributed by atoms with van der Waals surface area (Å²) < 4.78 is 4.90. The number of carbonyl (C=O) groups excluding carboxylic acids is 1. The van der Waals surface area contributed by atoms with E-state index in [-0.39, 0.29) is 30.5 Å². The van der Waals surface area contributed by atoms with E-state index in [2.05, 4.69) is 32.6 Å². The lowest BCUT2D eigenvalue weighted by Gasteiger charge is -2.59. The highest BCUT2D eigenvalue weighted by atomic mass is 16.6. The van der Waals surface area contributed by atoms with Crippen molar-refractivity contribution in [2.45, 2.75) is 193 Å². The van der Waals surface area contributed by atoms with Gasteiger partial charge in [-0.15, -0.1) is 0 Å². The van der Waals surface area contributed by atoms with E-state index >= 15 is 0 Å². The Morgan fingerprint density at radius 1 is 0.843 bits per heavy atom. The number of carbonyl (C=O) groups is 2. The van der Waals surface area contributed by atoms with Crippen LogP contribution in [0.5, 0.6) is 0 Å². The molecule has 0 spiro atoms. The Bertz CT molecular complexity index is 1070. The number of aliphatic hydroxyl groups is 3. The number of hydrogen-bond donors (Lipinski definition) is 4. The van der Waals surface area contributed by atoms with Crippen molar-refractivity contribution in [3.63, 3.8) is 0 Å². The fourth-order valence-electron chi connectivity index (χ4n) is 8.97. The highest BCUT2D eigenvalue weighted by Gasteiger charge is 2.57. The summed E-state index contributed by atoms with van der Waals surface area (Å²) >= 11 is 0. The number of aliphatic hydroxyl groups excluding tert-OH is 3. The summed E-state index contributed by atoms with van der Waals surface area (Å²) in [6, 6.07) is 0. The van der Waals surface area contributed by atoms with Gasteiger partial charge in [0.25, 0.3) is 0 Å². The molecule has 1 aliphatic heterocycles. The van der Waals surface area contributed by atoms with Crippen molar-refractivity contribution in [1.82, 2.24) is 0 Å². The van der Waals surface area contributed by atoms with E-state index < -0.39 is 29.6 Å².